The second-order valence-corrected chi connectivity index (χ2v) is 8.06. The minimum atomic E-state index is -0.941. The number of pyridine rings is 1. The Kier molecular flexibility index (Phi) is 6.76. The second-order valence-electron chi connectivity index (χ2n) is 6.42. The van der Waals surface area contributed by atoms with E-state index in [2.05, 4.69) is 20.6 Å². The van der Waals surface area contributed by atoms with Crippen molar-refractivity contribution in [2.24, 2.45) is 0 Å². The third kappa shape index (κ3) is 5.48. The first-order chi connectivity index (χ1) is 13.9. The minimum Gasteiger partial charge on any atom is -0.344 e. The molecular weight excluding hydrogens is 418 g/mol. The summed E-state index contributed by atoms with van der Waals surface area (Å²) in [5.41, 5.74) is 1.39. The average Bonchev–Trinajstić information content (AvgIpc) is 3.01. The highest BCUT2D eigenvalue weighted by molar-refractivity contribution is 7.15. The number of nitrogens with zero attached hydrogens (tertiary/aromatic N) is 2. The van der Waals surface area contributed by atoms with E-state index >= 15 is 0 Å². The minimum absolute atomic E-state index is 0.167. The average molecular weight is 437 g/mol. The molecule has 0 radical (unpaired) electrons. The molecule has 0 aliphatic heterocycles. The Balaban J connectivity index is 1.77. The zero-order valence-electron chi connectivity index (χ0n) is 15.8. The first-order valence-corrected chi connectivity index (χ1v) is 10.2. The number of benzene rings is 1. The lowest BCUT2D eigenvalue weighted by Gasteiger charge is -2.18. The van der Waals surface area contributed by atoms with Crippen molar-refractivity contribution in [3.8, 4) is 0 Å². The van der Waals surface area contributed by atoms with Crippen LogP contribution in [0.3, 0.4) is 0 Å². The van der Waals surface area contributed by atoms with Crippen LogP contribution in [0.5, 0.6) is 0 Å². The molecule has 9 heteroatoms. The van der Waals surface area contributed by atoms with Crippen LogP contribution in [-0.2, 0) is 0 Å². The van der Waals surface area contributed by atoms with Crippen LogP contribution in [0.4, 0.5) is 19.6 Å². The van der Waals surface area contributed by atoms with Crippen LogP contribution in [0.2, 0.25) is 5.02 Å². The summed E-state index contributed by atoms with van der Waals surface area (Å²) >= 11 is 7.17. The summed E-state index contributed by atoms with van der Waals surface area (Å²) in [6, 6.07) is 9.27. The van der Waals surface area contributed by atoms with Crippen molar-refractivity contribution in [3.05, 3.63) is 69.5 Å². The number of halogens is 3. The number of anilines is 2. The molecule has 5 nitrogen and oxygen atoms in total. The van der Waals surface area contributed by atoms with Crippen molar-refractivity contribution >= 4 is 39.7 Å². The van der Waals surface area contributed by atoms with Crippen molar-refractivity contribution in [1.29, 1.82) is 0 Å². The van der Waals surface area contributed by atoms with Gasteiger partial charge in [-0.1, -0.05) is 37.1 Å². The van der Waals surface area contributed by atoms with E-state index in [1.54, 1.807) is 19.1 Å². The molecule has 1 aromatic carbocycles. The summed E-state index contributed by atoms with van der Waals surface area (Å²) in [6.45, 7) is 3.81. The Morgan fingerprint density at radius 1 is 1.17 bits per heavy atom. The van der Waals surface area contributed by atoms with Gasteiger partial charge >= 0.3 is 0 Å². The van der Waals surface area contributed by atoms with E-state index in [4.69, 9.17) is 11.6 Å². The normalized spacial score (nSPS) is 11.9. The smallest absolute Gasteiger partial charge is 0.271 e. The molecule has 0 saturated carbocycles. The summed E-state index contributed by atoms with van der Waals surface area (Å²) in [6.07, 6.45) is 1.65. The van der Waals surface area contributed by atoms with Crippen LogP contribution in [0, 0.1) is 18.8 Å². The Hall–Kier alpha value is -2.58. The molecule has 0 saturated heterocycles. The monoisotopic (exact) mass is 436 g/mol. The highest BCUT2D eigenvalue weighted by Crippen LogP contribution is 2.27. The number of aromatic nitrogens is 2. The zero-order valence-corrected chi connectivity index (χ0v) is 17.4. The Bertz CT molecular complexity index is 990. The Morgan fingerprint density at radius 3 is 2.45 bits per heavy atom. The summed E-state index contributed by atoms with van der Waals surface area (Å²) in [4.78, 5) is 20.8. The summed E-state index contributed by atoms with van der Waals surface area (Å²) in [5, 5.41) is 6.81. The fourth-order valence-corrected chi connectivity index (χ4v) is 3.81. The number of hydrogen-bond donors (Lipinski definition) is 2. The van der Waals surface area contributed by atoms with E-state index in [0.29, 0.717) is 15.0 Å². The quantitative estimate of drug-likeness (QED) is 0.460. The van der Waals surface area contributed by atoms with Gasteiger partial charge in [-0.2, -0.15) is 13.8 Å². The lowest BCUT2D eigenvalue weighted by molar-refractivity contribution is 0.0929. The number of amides is 1. The first kappa shape index (κ1) is 21.1. The molecule has 1 atom stereocenters. The maximum atomic E-state index is 13.3. The van der Waals surface area contributed by atoms with E-state index in [-0.39, 0.29) is 23.3 Å². The maximum Gasteiger partial charge on any atom is 0.271 e. The molecule has 1 amide bonds. The van der Waals surface area contributed by atoms with Gasteiger partial charge in [0.2, 0.25) is 11.9 Å². The number of aryl methyl sites for hydroxylation is 1. The molecule has 0 fully saturated rings. The van der Waals surface area contributed by atoms with Crippen LogP contribution in [0.25, 0.3) is 0 Å². The van der Waals surface area contributed by atoms with Gasteiger partial charge in [0.25, 0.3) is 5.91 Å². The highest BCUT2D eigenvalue weighted by atomic mass is 35.5. The first-order valence-electron chi connectivity index (χ1n) is 8.99. The zero-order chi connectivity index (χ0) is 21.0. The number of hydrogen-bond acceptors (Lipinski definition) is 5. The van der Waals surface area contributed by atoms with Gasteiger partial charge in [-0.05, 0) is 31.0 Å². The highest BCUT2D eigenvalue weighted by Gasteiger charge is 2.20. The number of carbonyl (C=O) groups excluding carboxylic acids is 1. The van der Waals surface area contributed by atoms with E-state index in [1.165, 1.54) is 11.3 Å². The number of thiazole rings is 1. The number of rotatable bonds is 7. The van der Waals surface area contributed by atoms with E-state index in [9.17, 15) is 13.6 Å². The number of carbonyl (C=O) groups is 1. The third-order valence-corrected chi connectivity index (χ3v) is 5.32. The van der Waals surface area contributed by atoms with Gasteiger partial charge in [0.15, 0.2) is 5.13 Å². The molecule has 0 aliphatic rings. The molecule has 0 bridgehead atoms. The van der Waals surface area contributed by atoms with Crippen LogP contribution in [0.15, 0.2) is 36.4 Å². The summed E-state index contributed by atoms with van der Waals surface area (Å²) in [7, 11) is 0. The molecule has 3 aromatic rings. The van der Waals surface area contributed by atoms with Gasteiger partial charge in [-0.25, -0.2) is 4.98 Å². The molecule has 152 valence electrons. The molecule has 2 aromatic heterocycles. The molecule has 1 unspecified atom stereocenters. The fraction of sp³-hybridized carbons (Fsp3) is 0.250. The molecule has 0 spiro atoms. The Morgan fingerprint density at radius 2 is 1.83 bits per heavy atom. The van der Waals surface area contributed by atoms with E-state index in [0.717, 1.165) is 30.5 Å². The molecular formula is C20H19ClF2N4OS. The predicted molar refractivity (Wildman–Crippen MR) is 111 cm³/mol. The van der Waals surface area contributed by atoms with Crippen molar-refractivity contribution in [3.63, 3.8) is 0 Å². The van der Waals surface area contributed by atoms with Crippen molar-refractivity contribution in [1.82, 2.24) is 15.3 Å². The van der Waals surface area contributed by atoms with Crippen LogP contribution in [-0.4, -0.2) is 15.9 Å². The molecule has 2 heterocycles. The number of nitrogens with one attached hydrogen (secondary N) is 2. The van der Waals surface area contributed by atoms with Gasteiger partial charge in [-0.15, -0.1) is 11.3 Å². The second kappa shape index (κ2) is 9.28. The van der Waals surface area contributed by atoms with Crippen molar-refractivity contribution < 1.29 is 13.6 Å². The Labute approximate surface area is 176 Å². The maximum absolute atomic E-state index is 13.3. The van der Waals surface area contributed by atoms with E-state index in [1.807, 2.05) is 19.1 Å². The lowest BCUT2D eigenvalue weighted by atomic mass is 10.0. The topological polar surface area (TPSA) is 66.9 Å². The summed E-state index contributed by atoms with van der Waals surface area (Å²) in [5.74, 6) is -2.19. The largest absolute Gasteiger partial charge is 0.344 e. The molecule has 0 aliphatic carbocycles. The van der Waals surface area contributed by atoms with Crippen LogP contribution >= 0.6 is 22.9 Å². The standard InChI is InChI=1S/C20H19ClF2N4OS/c1-3-4-15(12-5-7-13(21)8-6-12)25-19(28)18-11(2)29-20(27-18)24-14-9-16(22)26-17(23)10-14/h5-10,15H,3-4H2,1-2H3,(H,25,28)(H,24,26,27). The fourth-order valence-electron chi connectivity index (χ4n) is 2.85. The SMILES string of the molecule is CCCC(NC(=O)c1nc(Nc2cc(F)nc(F)c2)sc1C)c1ccc(Cl)cc1. The molecule has 29 heavy (non-hydrogen) atoms. The van der Waals surface area contributed by atoms with Gasteiger partial charge in [-0.3, -0.25) is 4.79 Å². The van der Waals surface area contributed by atoms with E-state index < -0.39 is 11.9 Å². The van der Waals surface area contributed by atoms with Crippen molar-refractivity contribution in [2.45, 2.75) is 32.7 Å². The lowest BCUT2D eigenvalue weighted by Crippen LogP contribution is -2.29. The molecule has 3 rings (SSSR count). The van der Waals surface area contributed by atoms with Gasteiger partial charge in [0.1, 0.15) is 5.69 Å². The van der Waals surface area contributed by atoms with Crippen molar-refractivity contribution in [2.75, 3.05) is 5.32 Å². The molecule has 2 N–H and O–H groups in total. The van der Waals surface area contributed by atoms with Crippen LogP contribution < -0.4 is 10.6 Å². The predicted octanol–water partition coefficient (Wildman–Crippen LogP) is 5.79. The summed E-state index contributed by atoms with van der Waals surface area (Å²) < 4.78 is 26.5. The van der Waals surface area contributed by atoms with Crippen LogP contribution in [0.1, 0.15) is 46.7 Å². The van der Waals surface area contributed by atoms with Gasteiger partial charge in [0, 0.05) is 27.7 Å². The third-order valence-electron chi connectivity index (χ3n) is 4.18. The van der Waals surface area contributed by atoms with Gasteiger partial charge < -0.3 is 10.6 Å². The van der Waals surface area contributed by atoms with Gasteiger partial charge in [0.05, 0.1) is 6.04 Å².